The van der Waals surface area contributed by atoms with Gasteiger partial charge in [-0.05, 0) is 36.8 Å². The van der Waals surface area contributed by atoms with Gasteiger partial charge in [0.05, 0.1) is 13.0 Å². The Morgan fingerprint density at radius 2 is 2.35 bits per heavy atom. The topological polar surface area (TPSA) is 53.6 Å². The predicted octanol–water partition coefficient (Wildman–Crippen LogP) is 1.42. The second-order valence-electron chi connectivity index (χ2n) is 5.50. The van der Waals surface area contributed by atoms with Crippen LogP contribution in [0, 0.1) is 5.92 Å². The zero-order valence-electron chi connectivity index (χ0n) is 11.9. The van der Waals surface area contributed by atoms with Gasteiger partial charge < -0.3 is 10.6 Å². The molecule has 0 aromatic carbocycles. The van der Waals surface area contributed by atoms with Crippen LogP contribution in [0.25, 0.3) is 0 Å². The standard InChI is InChI=1S/C15H21N3O2/c1-3-7-20-18-9-11-8-13(19)17-10(2)14(11)12-5-4-6-16-15(12)18/h4-6,9-10,14-16H,3,7-8H2,1-2H3,(H,17,19). The minimum absolute atomic E-state index is 0.0257. The SMILES string of the molecule is CCCON1C=C2CC(=O)NC(C)C2C2=CC=CNC21. The zero-order chi connectivity index (χ0) is 14.1. The van der Waals surface area contributed by atoms with E-state index in [0.717, 1.165) is 12.0 Å². The van der Waals surface area contributed by atoms with E-state index in [9.17, 15) is 4.79 Å². The summed E-state index contributed by atoms with van der Waals surface area (Å²) in [6.45, 7) is 4.82. The molecule has 1 saturated heterocycles. The Morgan fingerprint density at radius 1 is 1.50 bits per heavy atom. The lowest BCUT2D eigenvalue weighted by Crippen LogP contribution is -2.54. The first kappa shape index (κ1) is 13.2. The smallest absolute Gasteiger partial charge is 0.224 e. The van der Waals surface area contributed by atoms with Crippen LogP contribution in [0.2, 0.25) is 0 Å². The van der Waals surface area contributed by atoms with Gasteiger partial charge in [0, 0.05) is 18.2 Å². The Balaban J connectivity index is 1.94. The second-order valence-corrected chi connectivity index (χ2v) is 5.50. The monoisotopic (exact) mass is 275 g/mol. The van der Waals surface area contributed by atoms with Gasteiger partial charge in [-0.2, -0.15) is 0 Å². The normalized spacial score (nSPS) is 31.6. The number of dihydropyridines is 1. The third kappa shape index (κ3) is 2.22. The van der Waals surface area contributed by atoms with Gasteiger partial charge in [-0.25, -0.2) is 5.06 Å². The van der Waals surface area contributed by atoms with Crippen molar-refractivity contribution in [1.29, 1.82) is 0 Å². The number of carbonyl (C=O) groups is 1. The van der Waals surface area contributed by atoms with Crippen LogP contribution >= 0.6 is 0 Å². The van der Waals surface area contributed by atoms with E-state index in [1.165, 1.54) is 5.57 Å². The number of allylic oxidation sites excluding steroid dienone is 2. The van der Waals surface area contributed by atoms with Crippen LogP contribution < -0.4 is 10.6 Å². The molecular formula is C15H21N3O2. The largest absolute Gasteiger partial charge is 0.366 e. The minimum atomic E-state index is 0.0257. The molecule has 5 heteroatoms. The highest BCUT2D eigenvalue weighted by Crippen LogP contribution is 2.38. The summed E-state index contributed by atoms with van der Waals surface area (Å²) in [5.41, 5.74) is 2.39. The molecule has 3 rings (SSSR count). The highest BCUT2D eigenvalue weighted by Gasteiger charge is 2.41. The van der Waals surface area contributed by atoms with Crippen LogP contribution in [0.3, 0.4) is 0 Å². The summed E-state index contributed by atoms with van der Waals surface area (Å²) in [5, 5.41) is 8.23. The average molecular weight is 275 g/mol. The van der Waals surface area contributed by atoms with Crippen LogP contribution in [0.1, 0.15) is 26.7 Å². The summed E-state index contributed by atoms with van der Waals surface area (Å²) in [4.78, 5) is 17.6. The number of hydrogen-bond donors (Lipinski definition) is 2. The summed E-state index contributed by atoms with van der Waals surface area (Å²) in [7, 11) is 0. The number of amides is 1. The fourth-order valence-corrected chi connectivity index (χ4v) is 3.17. The summed E-state index contributed by atoms with van der Waals surface area (Å²) in [5.74, 6) is 0.352. The van der Waals surface area contributed by atoms with Crippen LogP contribution in [0.4, 0.5) is 0 Å². The molecule has 3 aliphatic rings. The quantitative estimate of drug-likeness (QED) is 0.818. The second kappa shape index (κ2) is 5.32. The first-order valence-electron chi connectivity index (χ1n) is 7.24. The predicted molar refractivity (Wildman–Crippen MR) is 76.0 cm³/mol. The number of fused-ring (bicyclic) bond motifs is 3. The van der Waals surface area contributed by atoms with Gasteiger partial charge in [0.25, 0.3) is 0 Å². The van der Waals surface area contributed by atoms with E-state index in [0.29, 0.717) is 13.0 Å². The Kier molecular flexibility index (Phi) is 3.53. The van der Waals surface area contributed by atoms with Crippen molar-refractivity contribution in [1.82, 2.24) is 15.7 Å². The Bertz CT molecular complexity index is 495. The third-order valence-electron chi connectivity index (χ3n) is 3.96. The molecule has 0 aromatic heterocycles. The van der Waals surface area contributed by atoms with Gasteiger partial charge in [-0.15, -0.1) is 0 Å². The van der Waals surface area contributed by atoms with Crippen LogP contribution in [0.15, 0.2) is 35.7 Å². The molecular weight excluding hydrogens is 254 g/mol. The van der Waals surface area contributed by atoms with Gasteiger partial charge >= 0.3 is 0 Å². The Labute approximate surface area is 119 Å². The molecule has 3 atom stereocenters. The van der Waals surface area contributed by atoms with Crippen LogP contribution in [-0.2, 0) is 9.63 Å². The summed E-state index contributed by atoms with van der Waals surface area (Å²) >= 11 is 0. The lowest BCUT2D eigenvalue weighted by atomic mass is 9.77. The summed E-state index contributed by atoms with van der Waals surface area (Å²) < 4.78 is 0. The maximum Gasteiger partial charge on any atom is 0.224 e. The van der Waals surface area contributed by atoms with Crippen LogP contribution in [-0.4, -0.2) is 29.8 Å². The number of nitrogens with zero attached hydrogens (tertiary/aromatic N) is 1. The molecule has 108 valence electrons. The van der Waals surface area contributed by atoms with E-state index in [1.54, 1.807) is 0 Å². The molecule has 0 bridgehead atoms. The molecule has 3 unspecified atom stereocenters. The number of hydroxylamine groups is 2. The fourth-order valence-electron chi connectivity index (χ4n) is 3.17. The van der Waals surface area contributed by atoms with Crippen molar-refractivity contribution in [2.75, 3.05) is 6.61 Å². The number of hydrogen-bond acceptors (Lipinski definition) is 4. The maximum atomic E-state index is 11.7. The average Bonchev–Trinajstić information content (AvgIpc) is 2.43. The molecule has 20 heavy (non-hydrogen) atoms. The van der Waals surface area contributed by atoms with Crippen molar-refractivity contribution in [3.05, 3.63) is 35.7 Å². The molecule has 3 aliphatic heterocycles. The molecule has 5 nitrogen and oxygen atoms in total. The highest BCUT2D eigenvalue weighted by atomic mass is 16.7. The number of piperidine rings is 1. The molecule has 3 heterocycles. The van der Waals surface area contributed by atoms with E-state index >= 15 is 0 Å². The molecule has 1 amide bonds. The zero-order valence-corrected chi connectivity index (χ0v) is 11.9. The van der Waals surface area contributed by atoms with Crippen molar-refractivity contribution in [3.8, 4) is 0 Å². The van der Waals surface area contributed by atoms with Crippen molar-refractivity contribution >= 4 is 5.91 Å². The molecule has 0 spiro atoms. The Hall–Kier alpha value is -1.75. The van der Waals surface area contributed by atoms with Gasteiger partial charge in [-0.3, -0.25) is 9.63 Å². The number of rotatable bonds is 3. The number of nitrogens with one attached hydrogen (secondary N) is 2. The lowest BCUT2D eigenvalue weighted by Gasteiger charge is -2.45. The van der Waals surface area contributed by atoms with Crippen LogP contribution in [0.5, 0.6) is 0 Å². The molecule has 0 aromatic rings. The van der Waals surface area contributed by atoms with Gasteiger partial charge in [0.1, 0.15) is 6.17 Å². The molecule has 0 radical (unpaired) electrons. The van der Waals surface area contributed by atoms with Crippen molar-refractivity contribution in [2.45, 2.75) is 38.9 Å². The first-order valence-corrected chi connectivity index (χ1v) is 7.24. The van der Waals surface area contributed by atoms with Gasteiger partial charge in [-0.1, -0.05) is 13.0 Å². The first-order chi connectivity index (χ1) is 9.70. The summed E-state index contributed by atoms with van der Waals surface area (Å²) in [6.07, 6.45) is 9.52. The van der Waals surface area contributed by atoms with E-state index in [-0.39, 0.29) is 24.0 Å². The van der Waals surface area contributed by atoms with Gasteiger partial charge in [0.15, 0.2) is 0 Å². The molecule has 1 fully saturated rings. The van der Waals surface area contributed by atoms with Gasteiger partial charge in [0.2, 0.25) is 5.91 Å². The Morgan fingerprint density at radius 3 is 3.15 bits per heavy atom. The van der Waals surface area contributed by atoms with E-state index < -0.39 is 0 Å². The summed E-state index contributed by atoms with van der Waals surface area (Å²) in [6, 6.07) is 0.123. The maximum absolute atomic E-state index is 11.7. The molecule has 2 N–H and O–H groups in total. The molecule has 0 aliphatic carbocycles. The third-order valence-corrected chi connectivity index (χ3v) is 3.96. The van der Waals surface area contributed by atoms with Crippen molar-refractivity contribution < 1.29 is 9.63 Å². The number of carbonyl (C=O) groups excluding carboxylic acids is 1. The van der Waals surface area contributed by atoms with E-state index in [2.05, 4.69) is 30.6 Å². The molecule has 0 saturated carbocycles. The minimum Gasteiger partial charge on any atom is -0.366 e. The highest BCUT2D eigenvalue weighted by molar-refractivity contribution is 5.81. The van der Waals surface area contributed by atoms with E-state index in [1.807, 2.05) is 23.5 Å². The van der Waals surface area contributed by atoms with Crippen molar-refractivity contribution in [3.63, 3.8) is 0 Å². The van der Waals surface area contributed by atoms with Crippen molar-refractivity contribution in [2.24, 2.45) is 5.92 Å². The lowest BCUT2D eigenvalue weighted by molar-refractivity contribution is -0.152. The van der Waals surface area contributed by atoms with E-state index in [4.69, 9.17) is 4.84 Å². The fraction of sp³-hybridized carbons (Fsp3) is 0.533.